The lowest BCUT2D eigenvalue weighted by Crippen LogP contribution is -2.47. The molecule has 2 heterocycles. The van der Waals surface area contributed by atoms with Crippen molar-refractivity contribution >= 4 is 23.8 Å². The van der Waals surface area contributed by atoms with Gasteiger partial charge in [-0.2, -0.15) is 0 Å². The Balaban J connectivity index is 1.21. The number of amides is 4. The number of fused-ring (bicyclic) bond motifs is 1. The Morgan fingerprint density at radius 3 is 2.10 bits per heavy atom. The second kappa shape index (κ2) is 8.99. The number of rotatable bonds is 5. The van der Waals surface area contributed by atoms with E-state index in [1.54, 1.807) is 53.4 Å². The van der Waals surface area contributed by atoms with Gasteiger partial charge in [0.1, 0.15) is 5.75 Å². The van der Waals surface area contributed by atoms with Gasteiger partial charge in [0, 0.05) is 32.1 Å². The van der Waals surface area contributed by atoms with Gasteiger partial charge in [-0.25, -0.2) is 4.79 Å². The first-order valence-electron chi connectivity index (χ1n) is 10.3. The number of carbonyl (C=O) groups is 4. The highest BCUT2D eigenvalue weighted by Gasteiger charge is 2.35. The maximum absolute atomic E-state index is 12.6. The molecule has 4 amide bonds. The molecule has 2 aliphatic rings. The van der Waals surface area contributed by atoms with E-state index in [0.717, 1.165) is 4.90 Å². The highest BCUT2D eigenvalue weighted by Crippen LogP contribution is 2.23. The van der Waals surface area contributed by atoms with Gasteiger partial charge in [-0.05, 0) is 37.1 Å². The van der Waals surface area contributed by atoms with Crippen molar-refractivity contribution in [3.05, 3.63) is 65.7 Å². The van der Waals surface area contributed by atoms with Crippen LogP contribution in [0.3, 0.4) is 0 Å². The molecule has 2 aromatic rings. The molecular formula is C23H23N3O5. The van der Waals surface area contributed by atoms with Crippen molar-refractivity contribution in [2.45, 2.75) is 25.3 Å². The molecule has 0 saturated carbocycles. The van der Waals surface area contributed by atoms with E-state index in [1.807, 2.05) is 6.07 Å². The normalized spacial score (nSPS) is 16.3. The fraction of sp³-hybridized carbons (Fsp3) is 0.304. The Labute approximate surface area is 179 Å². The molecule has 1 fully saturated rings. The van der Waals surface area contributed by atoms with Crippen LogP contribution in [0.15, 0.2) is 54.6 Å². The second-order valence-electron chi connectivity index (χ2n) is 7.56. The third-order valence-corrected chi connectivity index (χ3v) is 5.55. The molecule has 0 unspecified atom stereocenters. The molecule has 31 heavy (non-hydrogen) atoms. The first-order chi connectivity index (χ1) is 15.0. The van der Waals surface area contributed by atoms with Gasteiger partial charge in [-0.15, -0.1) is 0 Å². The maximum Gasteiger partial charge on any atom is 0.412 e. The lowest BCUT2D eigenvalue weighted by Gasteiger charge is -2.32. The molecule has 2 aromatic carbocycles. The van der Waals surface area contributed by atoms with Gasteiger partial charge >= 0.3 is 6.09 Å². The Morgan fingerprint density at radius 2 is 1.48 bits per heavy atom. The average Bonchev–Trinajstić information content (AvgIpc) is 3.03. The Morgan fingerprint density at radius 1 is 0.903 bits per heavy atom. The zero-order valence-corrected chi connectivity index (χ0v) is 17.0. The third-order valence-electron chi connectivity index (χ3n) is 5.55. The van der Waals surface area contributed by atoms with E-state index >= 15 is 0 Å². The van der Waals surface area contributed by atoms with Gasteiger partial charge in [0.2, 0.25) is 5.91 Å². The van der Waals surface area contributed by atoms with E-state index in [2.05, 4.69) is 5.32 Å². The number of carbonyl (C=O) groups excluding carboxylic acids is 4. The van der Waals surface area contributed by atoms with E-state index in [0.29, 0.717) is 42.8 Å². The summed E-state index contributed by atoms with van der Waals surface area (Å²) in [5.41, 5.74) is 0.767. The number of para-hydroxylation sites is 1. The minimum absolute atomic E-state index is 0.0623. The first kappa shape index (κ1) is 20.6. The van der Waals surface area contributed by atoms with Crippen LogP contribution in [0.1, 0.15) is 40.0 Å². The van der Waals surface area contributed by atoms with Gasteiger partial charge in [-0.1, -0.05) is 30.3 Å². The molecule has 0 aromatic heterocycles. The average molecular weight is 421 g/mol. The number of hydrogen-bond donors (Lipinski definition) is 1. The van der Waals surface area contributed by atoms with E-state index in [4.69, 9.17) is 4.74 Å². The fourth-order valence-electron chi connectivity index (χ4n) is 3.87. The van der Waals surface area contributed by atoms with Crippen LogP contribution < -0.4 is 10.1 Å². The Hall–Kier alpha value is -3.68. The van der Waals surface area contributed by atoms with Crippen molar-refractivity contribution in [1.29, 1.82) is 0 Å². The minimum Gasteiger partial charge on any atom is -0.410 e. The maximum atomic E-state index is 12.6. The van der Waals surface area contributed by atoms with Crippen LogP contribution in [0.25, 0.3) is 0 Å². The number of imide groups is 1. The van der Waals surface area contributed by atoms with Crippen LogP contribution in [0.5, 0.6) is 5.75 Å². The summed E-state index contributed by atoms with van der Waals surface area (Å²) in [5, 5.41) is 2.83. The summed E-state index contributed by atoms with van der Waals surface area (Å²) in [4.78, 5) is 52.2. The van der Waals surface area contributed by atoms with E-state index in [1.165, 1.54) is 0 Å². The van der Waals surface area contributed by atoms with Gasteiger partial charge in [0.15, 0.2) is 0 Å². The quantitative estimate of drug-likeness (QED) is 0.748. The van der Waals surface area contributed by atoms with Crippen LogP contribution in [0.2, 0.25) is 0 Å². The summed E-state index contributed by atoms with van der Waals surface area (Å²) in [7, 11) is 0. The molecule has 8 heteroatoms. The second-order valence-corrected chi connectivity index (χ2v) is 7.56. The van der Waals surface area contributed by atoms with E-state index in [-0.39, 0.29) is 36.7 Å². The molecule has 0 radical (unpaired) electrons. The van der Waals surface area contributed by atoms with Crippen molar-refractivity contribution in [1.82, 2.24) is 15.1 Å². The summed E-state index contributed by atoms with van der Waals surface area (Å²) in [6.07, 6.45) is 0.798. The van der Waals surface area contributed by atoms with Crippen molar-refractivity contribution in [2.75, 3.05) is 19.6 Å². The van der Waals surface area contributed by atoms with Crippen molar-refractivity contribution in [3.8, 4) is 5.75 Å². The van der Waals surface area contributed by atoms with Crippen molar-refractivity contribution in [2.24, 2.45) is 0 Å². The van der Waals surface area contributed by atoms with Gasteiger partial charge in [0.05, 0.1) is 11.1 Å². The number of nitrogens with zero attached hydrogens (tertiary/aromatic N) is 2. The number of piperidine rings is 1. The largest absolute Gasteiger partial charge is 0.412 e. The number of likely N-dealkylation sites (tertiary alicyclic amines) is 1. The molecule has 0 bridgehead atoms. The fourth-order valence-corrected chi connectivity index (χ4v) is 3.87. The zero-order valence-electron chi connectivity index (χ0n) is 17.0. The highest BCUT2D eigenvalue weighted by atomic mass is 16.6. The van der Waals surface area contributed by atoms with E-state index in [9.17, 15) is 19.2 Å². The van der Waals surface area contributed by atoms with Crippen molar-refractivity contribution < 1.29 is 23.9 Å². The lowest BCUT2D eigenvalue weighted by molar-refractivity contribution is -0.132. The van der Waals surface area contributed by atoms with Gasteiger partial charge in [0.25, 0.3) is 11.8 Å². The predicted molar refractivity (Wildman–Crippen MR) is 112 cm³/mol. The summed E-state index contributed by atoms with van der Waals surface area (Å²) in [6, 6.07) is 15.4. The molecule has 2 aliphatic heterocycles. The highest BCUT2D eigenvalue weighted by molar-refractivity contribution is 6.21. The molecular weight excluding hydrogens is 398 g/mol. The van der Waals surface area contributed by atoms with Crippen molar-refractivity contribution in [3.63, 3.8) is 0 Å². The van der Waals surface area contributed by atoms with Crippen LogP contribution >= 0.6 is 0 Å². The SMILES string of the molecule is O=C(NC1CCN(C(=O)CCN2C(=O)c3ccccc3C2=O)CC1)Oc1ccccc1. The summed E-state index contributed by atoms with van der Waals surface area (Å²) in [5.74, 6) is -0.343. The number of ether oxygens (including phenoxy) is 1. The standard InChI is InChI=1S/C23H23N3O5/c27-20(12-15-26-21(28)18-8-4-5-9-19(18)22(26)29)25-13-10-16(11-14-25)24-23(30)31-17-6-2-1-3-7-17/h1-9,16H,10-15H2,(H,24,30). The molecule has 160 valence electrons. The monoisotopic (exact) mass is 421 g/mol. The number of nitrogens with one attached hydrogen (secondary N) is 1. The molecule has 1 saturated heterocycles. The van der Waals surface area contributed by atoms with Crippen LogP contribution in [0, 0.1) is 0 Å². The van der Waals surface area contributed by atoms with Gasteiger partial charge < -0.3 is 15.0 Å². The lowest BCUT2D eigenvalue weighted by atomic mass is 10.0. The van der Waals surface area contributed by atoms with E-state index < -0.39 is 6.09 Å². The predicted octanol–water partition coefficient (Wildman–Crippen LogP) is 2.45. The summed E-state index contributed by atoms with van der Waals surface area (Å²) >= 11 is 0. The van der Waals surface area contributed by atoms with Crippen LogP contribution in [0.4, 0.5) is 4.79 Å². The Bertz CT molecular complexity index is 964. The number of hydrogen-bond acceptors (Lipinski definition) is 5. The molecule has 4 rings (SSSR count). The first-order valence-corrected chi connectivity index (χ1v) is 10.3. The molecule has 0 atom stereocenters. The smallest absolute Gasteiger partial charge is 0.410 e. The molecule has 8 nitrogen and oxygen atoms in total. The minimum atomic E-state index is -0.512. The molecule has 0 aliphatic carbocycles. The molecule has 0 spiro atoms. The zero-order chi connectivity index (χ0) is 21.8. The Kier molecular flexibility index (Phi) is 5.97. The topological polar surface area (TPSA) is 96.0 Å². The summed E-state index contributed by atoms with van der Waals surface area (Å²) < 4.78 is 5.23. The molecule has 1 N–H and O–H groups in total. The number of benzene rings is 2. The summed E-state index contributed by atoms with van der Waals surface area (Å²) in [6.45, 7) is 1.06. The van der Waals surface area contributed by atoms with Crippen LogP contribution in [-0.2, 0) is 4.79 Å². The third kappa shape index (κ3) is 4.58. The van der Waals surface area contributed by atoms with Gasteiger partial charge in [-0.3, -0.25) is 19.3 Å². The van der Waals surface area contributed by atoms with Crippen LogP contribution in [-0.4, -0.2) is 59.3 Å².